The summed E-state index contributed by atoms with van der Waals surface area (Å²) in [6, 6.07) is 4.95. The van der Waals surface area contributed by atoms with Gasteiger partial charge in [0.2, 0.25) is 0 Å². The largest absolute Gasteiger partial charge is 0.481 e. The number of rotatable bonds is 5. The van der Waals surface area contributed by atoms with Crippen LogP contribution >= 0.6 is 24.0 Å². The van der Waals surface area contributed by atoms with Crippen molar-refractivity contribution >= 4 is 46.3 Å². The molecule has 1 fully saturated rings. The van der Waals surface area contributed by atoms with Crippen LogP contribution in [0.15, 0.2) is 29.2 Å². The highest BCUT2D eigenvalue weighted by Crippen LogP contribution is 2.36. The summed E-state index contributed by atoms with van der Waals surface area (Å²) >= 11 is 5.96. The number of halogens is 3. The quantitative estimate of drug-likeness (QED) is 0.627. The zero-order chi connectivity index (χ0) is 17.9. The van der Waals surface area contributed by atoms with Crippen molar-refractivity contribution in [2.45, 2.75) is 19.0 Å². The summed E-state index contributed by atoms with van der Waals surface area (Å²) < 4.78 is 39.2. The summed E-state index contributed by atoms with van der Waals surface area (Å²) in [6.45, 7) is 0.120. The smallest absolute Gasteiger partial charge is 0.416 e. The number of carboxylic acid groups (broad SMARTS) is 1. The lowest BCUT2D eigenvalue weighted by molar-refractivity contribution is -0.138. The molecule has 0 aliphatic carbocycles. The molecule has 1 heterocycles. The van der Waals surface area contributed by atoms with E-state index < -0.39 is 23.6 Å². The third kappa shape index (κ3) is 4.35. The molecular formula is C15H12F3NO3S2. The van der Waals surface area contributed by atoms with Gasteiger partial charge in [-0.05, 0) is 24.1 Å². The van der Waals surface area contributed by atoms with Crippen molar-refractivity contribution < 1.29 is 27.9 Å². The number of alkyl halides is 3. The predicted molar refractivity (Wildman–Crippen MR) is 88.2 cm³/mol. The first-order valence-electron chi connectivity index (χ1n) is 6.83. The standard InChI is InChI=1S/C15H12F3NO3S2/c16-15(17,18)10-5-2-1-4-9(10)8-11-13(22)19(14(23)24-11)7-3-6-12(20)21/h1-2,4-5,8H,3,6-7H2,(H,20,21)/b11-8+. The number of aliphatic carboxylic acids is 1. The van der Waals surface area contributed by atoms with Crippen LogP contribution in [-0.4, -0.2) is 32.7 Å². The summed E-state index contributed by atoms with van der Waals surface area (Å²) in [5.41, 5.74) is -0.947. The molecule has 128 valence electrons. The van der Waals surface area contributed by atoms with Gasteiger partial charge in [-0.25, -0.2) is 0 Å². The fraction of sp³-hybridized carbons (Fsp3) is 0.267. The third-order valence-electron chi connectivity index (χ3n) is 3.20. The highest BCUT2D eigenvalue weighted by atomic mass is 32.2. The molecule has 0 bridgehead atoms. The van der Waals surface area contributed by atoms with Gasteiger partial charge in [0.25, 0.3) is 5.91 Å². The van der Waals surface area contributed by atoms with Crippen molar-refractivity contribution in [3.05, 3.63) is 40.3 Å². The second-order valence-electron chi connectivity index (χ2n) is 4.92. The van der Waals surface area contributed by atoms with Crippen LogP contribution in [0.4, 0.5) is 13.2 Å². The molecule has 1 N–H and O–H groups in total. The van der Waals surface area contributed by atoms with E-state index in [1.165, 1.54) is 29.2 Å². The second kappa shape index (κ2) is 7.35. The number of hydrogen-bond acceptors (Lipinski definition) is 4. The zero-order valence-electron chi connectivity index (χ0n) is 12.2. The first-order chi connectivity index (χ1) is 11.2. The van der Waals surface area contributed by atoms with Gasteiger partial charge < -0.3 is 5.11 Å². The van der Waals surface area contributed by atoms with E-state index in [4.69, 9.17) is 17.3 Å². The molecule has 0 saturated carbocycles. The van der Waals surface area contributed by atoms with Crippen molar-refractivity contribution in [3.8, 4) is 0 Å². The Bertz CT molecular complexity index is 716. The van der Waals surface area contributed by atoms with Crippen molar-refractivity contribution in [1.29, 1.82) is 0 Å². The maximum atomic E-state index is 13.0. The minimum absolute atomic E-state index is 0.0898. The zero-order valence-corrected chi connectivity index (χ0v) is 13.8. The highest BCUT2D eigenvalue weighted by molar-refractivity contribution is 8.26. The first-order valence-corrected chi connectivity index (χ1v) is 8.06. The molecule has 9 heteroatoms. The fourth-order valence-electron chi connectivity index (χ4n) is 2.10. The maximum Gasteiger partial charge on any atom is 0.416 e. The Balaban J connectivity index is 2.22. The topological polar surface area (TPSA) is 57.6 Å². The van der Waals surface area contributed by atoms with Crippen LogP contribution < -0.4 is 0 Å². The third-order valence-corrected chi connectivity index (χ3v) is 4.58. The number of amides is 1. The monoisotopic (exact) mass is 375 g/mol. The van der Waals surface area contributed by atoms with Crippen molar-refractivity contribution in [3.63, 3.8) is 0 Å². The van der Waals surface area contributed by atoms with Gasteiger partial charge in [-0.2, -0.15) is 13.2 Å². The Hall–Kier alpha value is -1.87. The maximum absolute atomic E-state index is 13.0. The summed E-state index contributed by atoms with van der Waals surface area (Å²) in [5, 5.41) is 8.61. The number of benzene rings is 1. The van der Waals surface area contributed by atoms with Crippen LogP contribution in [0.1, 0.15) is 24.0 Å². The second-order valence-corrected chi connectivity index (χ2v) is 6.59. The Morgan fingerprint density at radius 1 is 1.33 bits per heavy atom. The van der Waals surface area contributed by atoms with Crippen LogP contribution in [0.25, 0.3) is 6.08 Å². The molecule has 1 aromatic carbocycles. The molecule has 1 amide bonds. The van der Waals surface area contributed by atoms with E-state index >= 15 is 0 Å². The van der Waals surface area contributed by atoms with E-state index in [9.17, 15) is 22.8 Å². The lowest BCUT2D eigenvalue weighted by Gasteiger charge is -2.13. The van der Waals surface area contributed by atoms with Gasteiger partial charge in [-0.1, -0.05) is 42.2 Å². The lowest BCUT2D eigenvalue weighted by atomic mass is 10.1. The van der Waals surface area contributed by atoms with Crippen LogP contribution in [0, 0.1) is 0 Å². The number of thioether (sulfide) groups is 1. The molecule has 0 atom stereocenters. The van der Waals surface area contributed by atoms with Gasteiger partial charge in [0.05, 0.1) is 10.5 Å². The molecule has 1 aliphatic heterocycles. The normalized spacial score (nSPS) is 17.0. The Morgan fingerprint density at radius 2 is 2.00 bits per heavy atom. The lowest BCUT2D eigenvalue weighted by Crippen LogP contribution is -2.29. The van der Waals surface area contributed by atoms with E-state index in [2.05, 4.69) is 0 Å². The summed E-state index contributed by atoms with van der Waals surface area (Å²) in [4.78, 5) is 24.1. The fourth-order valence-corrected chi connectivity index (χ4v) is 3.40. The van der Waals surface area contributed by atoms with Gasteiger partial charge in [0.15, 0.2) is 0 Å². The summed E-state index contributed by atoms with van der Waals surface area (Å²) in [7, 11) is 0. The summed E-state index contributed by atoms with van der Waals surface area (Å²) in [5.74, 6) is -1.50. The van der Waals surface area contributed by atoms with Crippen LogP contribution in [0.5, 0.6) is 0 Å². The number of carbonyl (C=O) groups is 2. The average molecular weight is 375 g/mol. The Kier molecular flexibility index (Phi) is 5.66. The predicted octanol–water partition coefficient (Wildman–Crippen LogP) is 3.77. The van der Waals surface area contributed by atoms with E-state index in [0.717, 1.165) is 17.8 Å². The van der Waals surface area contributed by atoms with E-state index in [-0.39, 0.29) is 34.2 Å². The number of nitrogens with zero attached hydrogens (tertiary/aromatic N) is 1. The number of thiocarbonyl (C=S) groups is 1. The highest BCUT2D eigenvalue weighted by Gasteiger charge is 2.35. The van der Waals surface area contributed by atoms with Crippen molar-refractivity contribution in [2.24, 2.45) is 0 Å². The van der Waals surface area contributed by atoms with E-state index in [1.54, 1.807) is 0 Å². The number of hydrogen-bond donors (Lipinski definition) is 1. The minimum atomic E-state index is -4.53. The van der Waals surface area contributed by atoms with Crippen LogP contribution in [0.3, 0.4) is 0 Å². The van der Waals surface area contributed by atoms with Crippen molar-refractivity contribution in [2.75, 3.05) is 6.54 Å². The van der Waals surface area contributed by atoms with Crippen LogP contribution in [-0.2, 0) is 15.8 Å². The molecule has 0 radical (unpaired) electrons. The van der Waals surface area contributed by atoms with E-state index in [0.29, 0.717) is 0 Å². The van der Waals surface area contributed by atoms with Crippen molar-refractivity contribution in [1.82, 2.24) is 4.90 Å². The number of carbonyl (C=O) groups excluding carboxylic acids is 1. The van der Waals surface area contributed by atoms with Crippen LogP contribution in [0.2, 0.25) is 0 Å². The van der Waals surface area contributed by atoms with Gasteiger partial charge in [-0.15, -0.1) is 0 Å². The van der Waals surface area contributed by atoms with Gasteiger partial charge in [0.1, 0.15) is 4.32 Å². The van der Waals surface area contributed by atoms with E-state index in [1.807, 2.05) is 0 Å². The Labute approximate surface area is 145 Å². The SMILES string of the molecule is O=C(O)CCCN1C(=O)/C(=C\c2ccccc2C(F)(F)F)SC1=S. The number of carboxylic acids is 1. The molecule has 0 spiro atoms. The molecule has 0 unspecified atom stereocenters. The molecule has 1 aliphatic rings. The average Bonchev–Trinajstić information content (AvgIpc) is 2.74. The molecule has 1 saturated heterocycles. The van der Waals surface area contributed by atoms with Gasteiger partial charge >= 0.3 is 12.1 Å². The van der Waals surface area contributed by atoms with Gasteiger partial charge in [0, 0.05) is 13.0 Å². The molecule has 2 rings (SSSR count). The minimum Gasteiger partial charge on any atom is -0.481 e. The molecule has 24 heavy (non-hydrogen) atoms. The van der Waals surface area contributed by atoms with Gasteiger partial charge in [-0.3, -0.25) is 14.5 Å². The Morgan fingerprint density at radius 3 is 2.62 bits per heavy atom. The molecule has 4 nitrogen and oxygen atoms in total. The first kappa shape index (κ1) is 18.5. The molecule has 0 aromatic heterocycles. The molecular weight excluding hydrogens is 363 g/mol. The molecule has 1 aromatic rings. The summed E-state index contributed by atoms with van der Waals surface area (Å²) in [6.07, 6.45) is -3.26.